The minimum absolute atomic E-state index is 0.676. The van der Waals surface area contributed by atoms with Crippen LogP contribution in [0.5, 0.6) is 23.0 Å². The predicted octanol–water partition coefficient (Wildman–Crippen LogP) is 3.71. The summed E-state index contributed by atoms with van der Waals surface area (Å²) in [5.74, 6) is 4.07. The summed E-state index contributed by atoms with van der Waals surface area (Å²) in [7, 11) is 6.45. The summed E-state index contributed by atoms with van der Waals surface area (Å²) >= 11 is 0. The standard InChI is InChI=1S/C20H24N4O4/c1-13-21-24(16-9-19(27-5)12-20(10-16)28-6)14(2)22-23(13)15-7-17(25-3)11-18(8-15)26-4/h7-12H,1-6H3. The molecular weight excluding hydrogens is 360 g/mol. The summed E-state index contributed by atoms with van der Waals surface area (Å²) in [5, 5.41) is 12.9. The first kappa shape index (κ1) is 19.3. The molecule has 0 saturated carbocycles. The van der Waals surface area contributed by atoms with Crippen molar-refractivity contribution in [3.8, 4) is 23.0 Å². The maximum atomic E-state index is 5.36. The van der Waals surface area contributed by atoms with Crippen LogP contribution in [0, 0.1) is 0 Å². The first-order chi connectivity index (χ1) is 13.5. The molecule has 1 heterocycles. The molecule has 148 valence electrons. The molecule has 0 atom stereocenters. The van der Waals surface area contributed by atoms with Gasteiger partial charge < -0.3 is 18.9 Å². The van der Waals surface area contributed by atoms with Crippen LogP contribution in [-0.2, 0) is 0 Å². The van der Waals surface area contributed by atoms with Gasteiger partial charge in [0, 0.05) is 36.4 Å². The molecule has 8 heteroatoms. The van der Waals surface area contributed by atoms with Crippen LogP contribution in [0.2, 0.25) is 0 Å². The van der Waals surface area contributed by atoms with E-state index in [1.54, 1.807) is 38.5 Å². The summed E-state index contributed by atoms with van der Waals surface area (Å²) in [6, 6.07) is 11.1. The molecule has 1 aliphatic rings. The number of anilines is 2. The van der Waals surface area contributed by atoms with Gasteiger partial charge in [0.1, 0.15) is 34.7 Å². The van der Waals surface area contributed by atoms with Crippen molar-refractivity contribution >= 4 is 23.0 Å². The largest absolute Gasteiger partial charge is 0.497 e. The molecule has 3 rings (SSSR count). The van der Waals surface area contributed by atoms with E-state index in [-0.39, 0.29) is 0 Å². The maximum absolute atomic E-state index is 5.36. The Morgan fingerprint density at radius 1 is 0.536 bits per heavy atom. The van der Waals surface area contributed by atoms with Gasteiger partial charge in [-0.3, -0.25) is 0 Å². The Balaban J connectivity index is 1.99. The Morgan fingerprint density at radius 2 is 0.821 bits per heavy atom. The SMILES string of the molecule is COc1cc(OC)cc(N2N=C(C)N(c3cc(OC)cc(OC)c3)N=C2C)c1. The lowest BCUT2D eigenvalue weighted by Gasteiger charge is -2.30. The summed E-state index contributed by atoms with van der Waals surface area (Å²) < 4.78 is 21.4. The third kappa shape index (κ3) is 3.80. The van der Waals surface area contributed by atoms with Crippen LogP contribution in [0.3, 0.4) is 0 Å². The summed E-state index contributed by atoms with van der Waals surface area (Å²) in [6.45, 7) is 3.76. The van der Waals surface area contributed by atoms with Crippen LogP contribution in [0.15, 0.2) is 46.6 Å². The highest BCUT2D eigenvalue weighted by atomic mass is 16.5. The molecule has 0 unspecified atom stereocenters. The van der Waals surface area contributed by atoms with Crippen molar-refractivity contribution in [3.05, 3.63) is 36.4 Å². The minimum atomic E-state index is 0.676. The van der Waals surface area contributed by atoms with E-state index in [9.17, 15) is 0 Å². The van der Waals surface area contributed by atoms with Gasteiger partial charge in [-0.15, -0.1) is 0 Å². The second kappa shape index (κ2) is 8.08. The number of hydrogen-bond donors (Lipinski definition) is 0. The second-order valence-corrected chi connectivity index (χ2v) is 6.06. The highest BCUT2D eigenvalue weighted by molar-refractivity contribution is 6.07. The van der Waals surface area contributed by atoms with E-state index in [2.05, 4.69) is 0 Å². The van der Waals surface area contributed by atoms with E-state index in [1.165, 1.54) is 0 Å². The van der Waals surface area contributed by atoms with Gasteiger partial charge in [-0.2, -0.15) is 10.2 Å². The van der Waals surface area contributed by atoms with Crippen LogP contribution in [0.25, 0.3) is 0 Å². The summed E-state index contributed by atoms with van der Waals surface area (Å²) in [5.41, 5.74) is 1.58. The zero-order chi connectivity index (χ0) is 20.3. The lowest BCUT2D eigenvalue weighted by atomic mass is 10.2. The van der Waals surface area contributed by atoms with E-state index in [0.29, 0.717) is 34.7 Å². The summed E-state index contributed by atoms with van der Waals surface area (Å²) in [4.78, 5) is 0. The Bertz CT molecular complexity index is 806. The number of nitrogens with zero attached hydrogens (tertiary/aromatic N) is 4. The van der Waals surface area contributed by atoms with Gasteiger partial charge in [0.15, 0.2) is 0 Å². The minimum Gasteiger partial charge on any atom is -0.497 e. The average molecular weight is 384 g/mol. The molecule has 0 radical (unpaired) electrons. The van der Waals surface area contributed by atoms with Gasteiger partial charge in [0.2, 0.25) is 0 Å². The molecule has 0 spiro atoms. The quantitative estimate of drug-likeness (QED) is 0.756. The third-order valence-electron chi connectivity index (χ3n) is 4.26. The van der Waals surface area contributed by atoms with E-state index >= 15 is 0 Å². The normalized spacial score (nSPS) is 13.6. The fourth-order valence-electron chi connectivity index (χ4n) is 2.84. The Hall–Kier alpha value is -3.42. The molecule has 8 nitrogen and oxygen atoms in total. The van der Waals surface area contributed by atoms with Crippen molar-refractivity contribution in [1.82, 2.24) is 0 Å². The van der Waals surface area contributed by atoms with Crippen molar-refractivity contribution < 1.29 is 18.9 Å². The molecule has 0 aromatic heterocycles. The highest BCUT2D eigenvalue weighted by Crippen LogP contribution is 2.33. The number of amidine groups is 2. The van der Waals surface area contributed by atoms with E-state index in [4.69, 9.17) is 29.2 Å². The molecule has 0 aliphatic carbocycles. The lowest BCUT2D eigenvalue weighted by Crippen LogP contribution is -2.37. The number of benzene rings is 2. The van der Waals surface area contributed by atoms with Gasteiger partial charge in [0.05, 0.1) is 39.8 Å². The fraction of sp³-hybridized carbons (Fsp3) is 0.300. The zero-order valence-corrected chi connectivity index (χ0v) is 16.9. The van der Waals surface area contributed by atoms with E-state index in [0.717, 1.165) is 11.4 Å². The third-order valence-corrected chi connectivity index (χ3v) is 4.26. The molecule has 0 saturated heterocycles. The Kier molecular flexibility index (Phi) is 5.58. The first-order valence-electron chi connectivity index (χ1n) is 8.66. The topological polar surface area (TPSA) is 68.1 Å². The molecule has 0 bridgehead atoms. The molecule has 2 aromatic carbocycles. The van der Waals surface area contributed by atoms with Crippen LogP contribution in [0.4, 0.5) is 11.4 Å². The number of ether oxygens (including phenoxy) is 4. The second-order valence-electron chi connectivity index (χ2n) is 6.06. The van der Waals surface area contributed by atoms with Crippen molar-refractivity contribution in [3.63, 3.8) is 0 Å². The number of hydrogen-bond acceptors (Lipinski definition) is 8. The van der Waals surface area contributed by atoms with Crippen LogP contribution >= 0.6 is 0 Å². The van der Waals surface area contributed by atoms with Crippen molar-refractivity contribution in [2.75, 3.05) is 38.5 Å². The first-order valence-corrected chi connectivity index (χ1v) is 8.66. The predicted molar refractivity (Wildman–Crippen MR) is 110 cm³/mol. The van der Waals surface area contributed by atoms with Crippen LogP contribution in [-0.4, -0.2) is 40.1 Å². The smallest absolute Gasteiger partial charge is 0.148 e. The van der Waals surface area contributed by atoms with Crippen LogP contribution < -0.4 is 29.0 Å². The lowest BCUT2D eigenvalue weighted by molar-refractivity contribution is 0.394. The maximum Gasteiger partial charge on any atom is 0.148 e. The zero-order valence-electron chi connectivity index (χ0n) is 16.9. The van der Waals surface area contributed by atoms with E-state index in [1.807, 2.05) is 50.2 Å². The Morgan fingerprint density at radius 3 is 1.07 bits per heavy atom. The highest BCUT2D eigenvalue weighted by Gasteiger charge is 2.22. The molecular formula is C20H24N4O4. The molecule has 0 N–H and O–H groups in total. The number of methoxy groups -OCH3 is 4. The van der Waals surface area contributed by atoms with Gasteiger partial charge in [0.25, 0.3) is 0 Å². The van der Waals surface area contributed by atoms with Crippen molar-refractivity contribution in [2.45, 2.75) is 13.8 Å². The number of rotatable bonds is 6. The summed E-state index contributed by atoms with van der Waals surface area (Å²) in [6.07, 6.45) is 0. The molecule has 0 amide bonds. The monoisotopic (exact) mass is 384 g/mol. The fourth-order valence-corrected chi connectivity index (χ4v) is 2.84. The number of hydrazone groups is 2. The molecule has 0 fully saturated rings. The average Bonchev–Trinajstić information content (AvgIpc) is 2.73. The van der Waals surface area contributed by atoms with Gasteiger partial charge in [-0.1, -0.05) is 0 Å². The van der Waals surface area contributed by atoms with Crippen LogP contribution in [0.1, 0.15) is 13.8 Å². The van der Waals surface area contributed by atoms with Gasteiger partial charge >= 0.3 is 0 Å². The van der Waals surface area contributed by atoms with Crippen molar-refractivity contribution in [1.29, 1.82) is 0 Å². The van der Waals surface area contributed by atoms with Gasteiger partial charge in [-0.05, 0) is 13.8 Å². The Labute approximate surface area is 164 Å². The molecule has 2 aromatic rings. The molecule has 1 aliphatic heterocycles. The van der Waals surface area contributed by atoms with E-state index < -0.39 is 0 Å². The van der Waals surface area contributed by atoms with Gasteiger partial charge in [-0.25, -0.2) is 10.0 Å². The molecule has 28 heavy (non-hydrogen) atoms. The van der Waals surface area contributed by atoms with Crippen molar-refractivity contribution in [2.24, 2.45) is 10.2 Å².